The first-order valence-corrected chi connectivity index (χ1v) is 33.6. The van der Waals surface area contributed by atoms with E-state index in [2.05, 4.69) is 211 Å². The first-order valence-electron chi connectivity index (χ1n) is 38.6. The van der Waals surface area contributed by atoms with Gasteiger partial charge in [0.2, 0.25) is 34.2 Å². The molecule has 2 unspecified atom stereocenters. The molecule has 6 aromatic carbocycles. The molecule has 6 heterocycles. The van der Waals surface area contributed by atoms with Crippen LogP contribution >= 0.6 is 0 Å². The molecule has 498 valence electrons. The predicted molar refractivity (Wildman–Crippen MR) is 408 cm³/mol. The van der Waals surface area contributed by atoms with E-state index >= 15 is 0 Å². The van der Waals surface area contributed by atoms with Crippen LogP contribution in [0.15, 0.2) is 256 Å². The van der Waals surface area contributed by atoms with E-state index in [1.54, 1.807) is 25.1 Å². The van der Waals surface area contributed by atoms with Crippen LogP contribution in [0.4, 0.5) is 0 Å². The highest BCUT2D eigenvalue weighted by Crippen LogP contribution is 2.30. The smallest absolute Gasteiger partial charge is 0.201 e. The lowest BCUT2D eigenvalue weighted by Gasteiger charge is -2.11. The Bertz CT molecular complexity index is 4990. The van der Waals surface area contributed by atoms with Gasteiger partial charge in [-0.25, -0.2) is 27.4 Å². The Kier molecular flexibility index (Phi) is 22.8. The molecule has 6 aromatic heterocycles. The minimum Gasteiger partial charge on any atom is -0.201 e. The molecular formula is C91H110N6+6. The zero-order chi connectivity index (χ0) is 78.9. The van der Waals surface area contributed by atoms with Crippen molar-refractivity contribution in [2.24, 2.45) is 42.3 Å². The third kappa shape index (κ3) is 20.1. The molecule has 0 aliphatic carbocycles. The highest BCUT2D eigenvalue weighted by molar-refractivity contribution is 5.67. The van der Waals surface area contributed by atoms with Gasteiger partial charge in [0.15, 0.2) is 37.2 Å². The van der Waals surface area contributed by atoms with E-state index in [-0.39, 0.29) is 0 Å². The average molecular weight is 1300 g/mol. The SMILES string of the molecule is CCc1cc[n+](C)c(-c2ccccc2C)c1.CCc1ccc(-c2cccc[n+]2C)c(C)c1.Cc1ccc(-c2cccc[n+]2C)c(C)c1.[2H]C([2H])(C)c1ccc[n+](C)c1-c1ccccc1C.[2H]C([2H])([2H])C([2H])(C)c1cc[n+](C)c(-c2ccccc2C)c1.[2H]C([2H])([2H])C([2H])(C)c1ccc[n+](C)c1-c1ccccc1C. The lowest BCUT2D eigenvalue weighted by atomic mass is 9.94. The normalized spacial score (nSPS) is 13.7. The van der Waals surface area contributed by atoms with E-state index in [1.165, 1.54) is 81.0 Å². The van der Waals surface area contributed by atoms with Gasteiger partial charge in [-0.15, -0.1) is 0 Å². The summed E-state index contributed by atoms with van der Waals surface area (Å²) in [6.07, 6.45) is 12.8. The van der Waals surface area contributed by atoms with E-state index in [9.17, 15) is 0 Å². The largest absolute Gasteiger partial charge is 0.215 e. The summed E-state index contributed by atoms with van der Waals surface area (Å²) in [5.74, 6) is -3.29. The van der Waals surface area contributed by atoms with Crippen LogP contribution in [0.5, 0.6) is 0 Å². The van der Waals surface area contributed by atoms with Gasteiger partial charge in [0.1, 0.15) is 42.3 Å². The molecule has 0 spiro atoms. The molecule has 12 aromatic rings. The Balaban J connectivity index is 0.000000180. The number of benzene rings is 6. The van der Waals surface area contributed by atoms with Crippen molar-refractivity contribution in [3.8, 4) is 67.5 Å². The topological polar surface area (TPSA) is 23.3 Å². The molecule has 97 heavy (non-hydrogen) atoms. The monoisotopic (exact) mass is 1300 g/mol. The number of rotatable bonds is 11. The Hall–Kier alpha value is -9.78. The van der Waals surface area contributed by atoms with Crippen molar-refractivity contribution in [3.05, 3.63) is 322 Å². The van der Waals surface area contributed by atoms with Crippen molar-refractivity contribution in [2.75, 3.05) is 0 Å². The summed E-state index contributed by atoms with van der Waals surface area (Å²) in [6, 6.07) is 73.5. The molecule has 0 radical (unpaired) electrons. The molecule has 6 nitrogen and oxygen atoms in total. The van der Waals surface area contributed by atoms with Crippen molar-refractivity contribution < 1.29 is 41.1 Å². The van der Waals surface area contributed by atoms with Crippen molar-refractivity contribution in [2.45, 2.75) is 128 Å². The molecule has 0 bridgehead atoms. The van der Waals surface area contributed by atoms with Crippen LogP contribution in [-0.2, 0) is 61.5 Å². The highest BCUT2D eigenvalue weighted by atomic mass is 14.9. The van der Waals surface area contributed by atoms with Crippen LogP contribution in [0.1, 0.15) is 141 Å². The summed E-state index contributed by atoms with van der Waals surface area (Å²) < 4.78 is 90.7. The summed E-state index contributed by atoms with van der Waals surface area (Å²) in [7, 11) is 12.0. The summed E-state index contributed by atoms with van der Waals surface area (Å²) in [6.45, 7) is 18.8. The van der Waals surface area contributed by atoms with Gasteiger partial charge in [0, 0.05) is 119 Å². The summed E-state index contributed by atoms with van der Waals surface area (Å²) >= 11 is 0. The number of aromatic nitrogens is 6. The fraction of sp³-hybridized carbons (Fsp3) is 0.275. The first-order chi connectivity index (χ1) is 50.3. The molecule has 0 N–H and O–H groups in total. The van der Waals surface area contributed by atoms with Crippen LogP contribution < -0.4 is 27.4 Å². The minimum atomic E-state index is -2.39. The number of pyridine rings is 6. The maximum absolute atomic E-state index is 8.40. The van der Waals surface area contributed by atoms with Gasteiger partial charge >= 0.3 is 0 Å². The van der Waals surface area contributed by atoms with Crippen molar-refractivity contribution >= 4 is 0 Å². The summed E-state index contributed by atoms with van der Waals surface area (Å²) in [5.41, 5.74) is 26.7. The van der Waals surface area contributed by atoms with Crippen LogP contribution in [0.3, 0.4) is 0 Å². The summed E-state index contributed by atoms with van der Waals surface area (Å²) in [4.78, 5) is 0. The third-order valence-corrected chi connectivity index (χ3v) is 17.6. The number of aryl methyl sites for hydroxylation is 16. The van der Waals surface area contributed by atoms with E-state index < -0.39 is 31.9 Å². The second kappa shape index (κ2) is 36.4. The van der Waals surface area contributed by atoms with Crippen LogP contribution in [-0.4, -0.2) is 0 Å². The van der Waals surface area contributed by atoms with Gasteiger partial charge < -0.3 is 0 Å². The zero-order valence-corrected chi connectivity index (χ0v) is 60.8. The van der Waals surface area contributed by atoms with Crippen LogP contribution in [0, 0.1) is 48.5 Å². The van der Waals surface area contributed by atoms with Crippen LogP contribution in [0.25, 0.3) is 67.5 Å². The standard InChI is InChI=1S/2C16H20N.3C15H18N.C14H16N/c1-12(2)14-10-7-11-17(4)16(14)15-9-6-5-8-13(15)3;1-12(2)14-9-10-17(4)16(11-14)15-8-6-5-7-13(15)3;1-4-13-9-7-11-16(3)15(13)14-10-6-5-8-12(14)2;1-4-13-8-9-14(12(2)11-13)15-7-5-6-10-16(15)3;1-4-13-9-10-16(3)15(11-13)14-8-6-5-7-12(14)2;1-11-7-8-13(12(2)10-11)14-6-4-5-9-15(14)3/h2*5-12H,1-4H3;3*5-11H,4H2,1-3H3;4-10H,1-3H3/q6*+1/i2*1D3,12D;4D2;;;. The van der Waals surface area contributed by atoms with E-state index in [1.807, 2.05) is 158 Å². The quantitative estimate of drug-likeness (QED) is 0.115. The molecule has 0 aliphatic rings. The molecule has 6 heteroatoms. The van der Waals surface area contributed by atoms with Gasteiger partial charge in [-0.3, -0.25) is 0 Å². The van der Waals surface area contributed by atoms with Crippen molar-refractivity contribution in [1.29, 1.82) is 0 Å². The molecule has 0 fully saturated rings. The van der Waals surface area contributed by atoms with Gasteiger partial charge in [-0.1, -0.05) is 151 Å². The fourth-order valence-electron chi connectivity index (χ4n) is 11.9. The molecule has 0 aliphatic heterocycles. The van der Waals surface area contributed by atoms with Crippen molar-refractivity contribution in [1.82, 2.24) is 0 Å². The molecule has 2 atom stereocenters. The third-order valence-electron chi connectivity index (χ3n) is 17.6. The second-order valence-electron chi connectivity index (χ2n) is 25.0. The summed E-state index contributed by atoms with van der Waals surface area (Å²) in [5, 5.41) is 0. The fourth-order valence-corrected chi connectivity index (χ4v) is 11.9. The second-order valence-corrected chi connectivity index (χ2v) is 25.0. The lowest BCUT2D eigenvalue weighted by molar-refractivity contribution is -0.660. The van der Waals surface area contributed by atoms with Crippen molar-refractivity contribution in [3.63, 3.8) is 0 Å². The van der Waals surface area contributed by atoms with E-state index in [0.29, 0.717) is 11.1 Å². The minimum absolute atomic E-state index is 0.499. The predicted octanol–water partition coefficient (Wildman–Crippen LogP) is 19.2. The molecule has 0 amide bonds. The first kappa shape index (κ1) is 60.9. The molecule has 0 saturated heterocycles. The zero-order valence-electron chi connectivity index (χ0n) is 70.8. The Morgan fingerprint density at radius 1 is 0.330 bits per heavy atom. The average Bonchev–Trinajstić information content (AvgIpc) is 0.772. The molecular weight excluding hydrogens is 1180 g/mol. The Morgan fingerprint density at radius 3 is 1.21 bits per heavy atom. The van der Waals surface area contributed by atoms with Crippen LogP contribution in [0.2, 0.25) is 0 Å². The van der Waals surface area contributed by atoms with Gasteiger partial charge in [-0.05, 0) is 190 Å². The number of hydrogen-bond donors (Lipinski definition) is 0. The Labute approximate surface area is 598 Å². The maximum Gasteiger partial charge on any atom is 0.215 e. The van der Waals surface area contributed by atoms with Gasteiger partial charge in [-0.2, -0.15) is 0 Å². The van der Waals surface area contributed by atoms with E-state index in [0.717, 1.165) is 68.9 Å². The number of hydrogen-bond acceptors (Lipinski definition) is 0. The maximum atomic E-state index is 8.40. The van der Waals surface area contributed by atoms with Gasteiger partial charge in [0.25, 0.3) is 0 Å². The molecule has 12 rings (SSSR count). The lowest BCUT2D eigenvalue weighted by Crippen LogP contribution is -2.32. The van der Waals surface area contributed by atoms with E-state index in [4.69, 9.17) is 13.7 Å². The van der Waals surface area contributed by atoms with Gasteiger partial charge in [0.05, 0.1) is 0 Å². The highest BCUT2D eigenvalue weighted by Gasteiger charge is 2.21. The Morgan fingerprint density at radius 2 is 0.732 bits per heavy atom. The molecule has 0 saturated carbocycles. The number of nitrogens with zero attached hydrogens (tertiary/aromatic N) is 6.